The van der Waals surface area contributed by atoms with Crippen LogP contribution in [0.25, 0.3) is 0 Å². The molecule has 0 aromatic heterocycles. The van der Waals surface area contributed by atoms with Crippen molar-refractivity contribution in [3.63, 3.8) is 0 Å². The van der Waals surface area contributed by atoms with Crippen LogP contribution in [0.15, 0.2) is 23.1 Å². The zero-order valence-electron chi connectivity index (χ0n) is 6.43. The Balaban J connectivity index is 3.23. The molecule has 0 saturated carbocycles. The van der Waals surface area contributed by atoms with Crippen LogP contribution in [0.4, 0.5) is 4.39 Å². The third-order valence-corrected chi connectivity index (χ3v) is 2.33. The van der Waals surface area contributed by atoms with E-state index in [0.717, 1.165) is 5.56 Å². The molecular weight excluding hydrogens is 163 g/mol. The monoisotopic (exact) mass is 172 g/mol. The highest BCUT2D eigenvalue weighted by atomic mass is 32.2. The lowest BCUT2D eigenvalue weighted by Crippen LogP contribution is -1.92. The van der Waals surface area contributed by atoms with Crippen molar-refractivity contribution in [1.82, 2.24) is 0 Å². The lowest BCUT2D eigenvalue weighted by Gasteiger charge is -1.99. The van der Waals surface area contributed by atoms with Gasteiger partial charge in [-0.15, -0.1) is 0 Å². The fourth-order valence-electron chi connectivity index (χ4n) is 0.831. The summed E-state index contributed by atoms with van der Waals surface area (Å²) >= 11 is 0. The van der Waals surface area contributed by atoms with Crippen LogP contribution < -0.4 is 0 Å². The molecule has 0 aliphatic rings. The van der Waals surface area contributed by atoms with Crippen LogP contribution in [0.1, 0.15) is 5.56 Å². The van der Waals surface area contributed by atoms with Crippen molar-refractivity contribution in [3.8, 4) is 0 Å². The first-order valence-corrected chi connectivity index (χ1v) is 4.76. The molecule has 0 aliphatic heterocycles. The molecule has 1 aromatic carbocycles. The minimum atomic E-state index is -1.23. The van der Waals surface area contributed by atoms with E-state index in [2.05, 4.69) is 0 Å². The maximum Gasteiger partial charge on any atom is 0.139 e. The molecule has 60 valence electrons. The molecule has 0 N–H and O–H groups in total. The van der Waals surface area contributed by atoms with Crippen LogP contribution >= 0.6 is 0 Å². The molecule has 11 heavy (non-hydrogen) atoms. The van der Waals surface area contributed by atoms with E-state index in [1.54, 1.807) is 12.1 Å². The summed E-state index contributed by atoms with van der Waals surface area (Å²) < 4.78 is 23.7. The predicted molar refractivity (Wildman–Crippen MR) is 43.5 cm³/mol. The van der Waals surface area contributed by atoms with Gasteiger partial charge in [-0.1, -0.05) is 6.07 Å². The van der Waals surface area contributed by atoms with Crippen LogP contribution in [-0.4, -0.2) is 10.5 Å². The highest BCUT2D eigenvalue weighted by Gasteiger charge is 2.04. The quantitative estimate of drug-likeness (QED) is 0.632. The third-order valence-electron chi connectivity index (χ3n) is 1.40. The Kier molecular flexibility index (Phi) is 2.39. The summed E-state index contributed by atoms with van der Waals surface area (Å²) in [6.07, 6.45) is 1.47. The summed E-state index contributed by atoms with van der Waals surface area (Å²) in [4.78, 5) is 0.282. The predicted octanol–water partition coefficient (Wildman–Crippen LogP) is 1.87. The maximum atomic E-state index is 12.8. The Hall–Kier alpha value is -0.700. The normalized spacial score (nSPS) is 13.0. The molecule has 1 unspecified atom stereocenters. The second kappa shape index (κ2) is 3.13. The fourth-order valence-corrected chi connectivity index (χ4v) is 1.53. The van der Waals surface area contributed by atoms with Gasteiger partial charge in [-0.3, -0.25) is 4.21 Å². The van der Waals surface area contributed by atoms with Crippen molar-refractivity contribution in [2.45, 2.75) is 11.8 Å². The van der Waals surface area contributed by atoms with Gasteiger partial charge < -0.3 is 0 Å². The zero-order valence-corrected chi connectivity index (χ0v) is 7.24. The molecular formula is C8H9FOS. The second-order valence-electron chi connectivity index (χ2n) is 2.39. The van der Waals surface area contributed by atoms with Gasteiger partial charge in [-0.2, -0.15) is 0 Å². The zero-order chi connectivity index (χ0) is 8.43. The molecule has 0 bridgehead atoms. The van der Waals surface area contributed by atoms with Gasteiger partial charge in [0.25, 0.3) is 0 Å². The van der Waals surface area contributed by atoms with E-state index in [0.29, 0.717) is 0 Å². The molecule has 0 amide bonds. The van der Waals surface area contributed by atoms with Crippen molar-refractivity contribution in [1.29, 1.82) is 0 Å². The molecule has 0 radical (unpaired) electrons. The summed E-state index contributed by atoms with van der Waals surface area (Å²) in [7, 11) is -1.23. The van der Waals surface area contributed by atoms with Crippen LogP contribution in [0.2, 0.25) is 0 Å². The Morgan fingerprint density at radius 1 is 1.45 bits per heavy atom. The minimum Gasteiger partial charge on any atom is -0.255 e. The molecule has 1 atom stereocenters. The van der Waals surface area contributed by atoms with E-state index in [-0.39, 0.29) is 4.90 Å². The molecule has 0 spiro atoms. The molecule has 1 nitrogen and oxygen atoms in total. The first-order chi connectivity index (χ1) is 5.11. The number of hydrogen-bond donors (Lipinski definition) is 0. The van der Waals surface area contributed by atoms with Crippen molar-refractivity contribution in [2.24, 2.45) is 0 Å². The minimum absolute atomic E-state index is 0.282. The van der Waals surface area contributed by atoms with Crippen LogP contribution in [0.5, 0.6) is 0 Å². The number of aryl methyl sites for hydroxylation is 1. The van der Waals surface area contributed by atoms with Crippen molar-refractivity contribution in [2.75, 3.05) is 6.26 Å². The van der Waals surface area contributed by atoms with Gasteiger partial charge in [0.2, 0.25) is 0 Å². The van der Waals surface area contributed by atoms with Gasteiger partial charge in [-0.25, -0.2) is 4.39 Å². The summed E-state index contributed by atoms with van der Waals surface area (Å²) in [5.41, 5.74) is 0.927. The maximum absolute atomic E-state index is 12.8. The molecule has 1 rings (SSSR count). The third kappa shape index (κ3) is 1.87. The van der Waals surface area contributed by atoms with E-state index < -0.39 is 16.6 Å². The van der Waals surface area contributed by atoms with Crippen LogP contribution in [0.3, 0.4) is 0 Å². The molecule has 3 heteroatoms. The smallest absolute Gasteiger partial charge is 0.139 e. The van der Waals surface area contributed by atoms with E-state index in [1.807, 2.05) is 6.92 Å². The summed E-state index contributed by atoms with van der Waals surface area (Å²) in [5, 5.41) is 0. The number of benzene rings is 1. The summed E-state index contributed by atoms with van der Waals surface area (Å²) in [5.74, 6) is -0.392. The summed E-state index contributed by atoms with van der Waals surface area (Å²) in [6.45, 7) is 1.84. The Morgan fingerprint density at radius 2 is 2.09 bits per heavy atom. The Morgan fingerprint density at radius 3 is 2.55 bits per heavy atom. The standard InChI is InChI=1S/C8H9FOS/c1-6-3-4-7(9)8(5-6)11(2)10/h3-5H,1-2H3. The van der Waals surface area contributed by atoms with Crippen molar-refractivity contribution < 1.29 is 8.60 Å². The van der Waals surface area contributed by atoms with Gasteiger partial charge in [-0.05, 0) is 24.6 Å². The largest absolute Gasteiger partial charge is 0.255 e. The van der Waals surface area contributed by atoms with Gasteiger partial charge >= 0.3 is 0 Å². The van der Waals surface area contributed by atoms with Crippen molar-refractivity contribution >= 4 is 10.8 Å². The van der Waals surface area contributed by atoms with Crippen LogP contribution in [-0.2, 0) is 10.8 Å². The SMILES string of the molecule is Cc1ccc(F)c(S(C)=O)c1. The first kappa shape index (κ1) is 8.40. The summed E-state index contributed by atoms with van der Waals surface area (Å²) in [6, 6.07) is 4.60. The molecule has 0 fully saturated rings. The lowest BCUT2D eigenvalue weighted by atomic mass is 10.2. The van der Waals surface area contributed by atoms with Crippen molar-refractivity contribution in [3.05, 3.63) is 29.6 Å². The van der Waals surface area contributed by atoms with Gasteiger partial charge in [0.1, 0.15) is 5.82 Å². The first-order valence-electron chi connectivity index (χ1n) is 3.21. The lowest BCUT2D eigenvalue weighted by molar-refractivity contribution is 0.595. The van der Waals surface area contributed by atoms with E-state index >= 15 is 0 Å². The molecule has 0 saturated heterocycles. The molecule has 0 aliphatic carbocycles. The average molecular weight is 172 g/mol. The topological polar surface area (TPSA) is 17.1 Å². The number of hydrogen-bond acceptors (Lipinski definition) is 1. The highest BCUT2D eigenvalue weighted by Crippen LogP contribution is 2.12. The van der Waals surface area contributed by atoms with Gasteiger partial charge in [0.15, 0.2) is 0 Å². The molecule has 0 heterocycles. The van der Waals surface area contributed by atoms with E-state index in [1.165, 1.54) is 12.3 Å². The van der Waals surface area contributed by atoms with E-state index in [9.17, 15) is 8.60 Å². The number of halogens is 1. The number of rotatable bonds is 1. The highest BCUT2D eigenvalue weighted by molar-refractivity contribution is 7.84. The Labute approximate surface area is 67.7 Å². The average Bonchev–Trinajstić information content (AvgIpc) is 1.94. The van der Waals surface area contributed by atoms with Crippen LogP contribution in [0, 0.1) is 12.7 Å². The fraction of sp³-hybridized carbons (Fsp3) is 0.250. The van der Waals surface area contributed by atoms with E-state index in [4.69, 9.17) is 0 Å². The van der Waals surface area contributed by atoms with Gasteiger partial charge in [0.05, 0.1) is 15.7 Å². The second-order valence-corrected chi connectivity index (χ2v) is 3.74. The molecule has 1 aromatic rings. The Bertz CT molecular complexity index is 296. The van der Waals surface area contributed by atoms with Gasteiger partial charge in [0, 0.05) is 6.26 Å².